The van der Waals surface area contributed by atoms with E-state index in [0.29, 0.717) is 0 Å². The molecule has 176 valence electrons. The molecule has 0 saturated heterocycles. The first kappa shape index (κ1) is 21.8. The second-order valence-corrected chi connectivity index (χ2v) is 9.51. The molecule has 8 aromatic carbocycles. The minimum absolute atomic E-state index is 0.938. The van der Waals surface area contributed by atoms with Gasteiger partial charge in [0.1, 0.15) is 0 Å². The summed E-state index contributed by atoms with van der Waals surface area (Å²) < 4.78 is 0. The zero-order valence-corrected chi connectivity index (χ0v) is 20.3. The van der Waals surface area contributed by atoms with Crippen LogP contribution >= 0.6 is 0 Å². The zero-order valence-electron chi connectivity index (χ0n) is 20.3. The maximum Gasteiger partial charge on any atom is 0.288 e. The summed E-state index contributed by atoms with van der Waals surface area (Å²) in [6.07, 6.45) is 2.98. The quantitative estimate of drug-likeness (QED) is 0.102. The molecule has 0 amide bonds. The van der Waals surface area contributed by atoms with Gasteiger partial charge in [-0.3, -0.25) is 0 Å². The van der Waals surface area contributed by atoms with Gasteiger partial charge in [0.25, 0.3) is 12.4 Å². The third-order valence-corrected chi connectivity index (χ3v) is 7.52. The van der Waals surface area contributed by atoms with Crippen molar-refractivity contribution in [3.63, 3.8) is 0 Å². The van der Waals surface area contributed by atoms with E-state index in [-0.39, 0.29) is 0 Å². The molecule has 0 heterocycles. The van der Waals surface area contributed by atoms with E-state index in [1.54, 1.807) is 0 Å². The molecule has 0 aromatic heterocycles. The second kappa shape index (κ2) is 8.62. The van der Waals surface area contributed by atoms with Gasteiger partial charge in [-0.05, 0) is 76.8 Å². The fourth-order valence-electron chi connectivity index (χ4n) is 5.87. The van der Waals surface area contributed by atoms with Gasteiger partial charge < -0.3 is 11.1 Å². The SMILES string of the molecule is [N-]=[N+]=Cc1ccc2ccc3cccc4ccc1c2c34.[N-]=[N+]=Cc1ccc2ccc3cccc4ccc1c2c34. The third kappa shape index (κ3) is 3.27. The Kier molecular flexibility index (Phi) is 4.95. The van der Waals surface area contributed by atoms with Crippen molar-refractivity contribution < 1.29 is 9.58 Å². The molecule has 0 aliphatic heterocycles. The highest BCUT2D eigenvalue weighted by molar-refractivity contribution is 6.26. The van der Waals surface area contributed by atoms with Gasteiger partial charge in [-0.1, -0.05) is 97.1 Å². The van der Waals surface area contributed by atoms with Gasteiger partial charge in [0.15, 0.2) is 0 Å². The number of hydrogen-bond acceptors (Lipinski definition) is 0. The summed E-state index contributed by atoms with van der Waals surface area (Å²) in [5, 5.41) is 14.7. The molecule has 0 unspecified atom stereocenters. The molecule has 0 aliphatic rings. The number of rotatable bonds is 2. The predicted molar refractivity (Wildman–Crippen MR) is 158 cm³/mol. The highest BCUT2D eigenvalue weighted by atomic mass is 14.8. The maximum atomic E-state index is 8.79. The molecule has 0 aliphatic carbocycles. The summed E-state index contributed by atoms with van der Waals surface area (Å²) >= 11 is 0. The van der Waals surface area contributed by atoms with Gasteiger partial charge in [-0.2, -0.15) is 9.58 Å². The first-order valence-electron chi connectivity index (χ1n) is 12.4. The summed E-state index contributed by atoms with van der Waals surface area (Å²) in [4.78, 5) is 6.33. The minimum atomic E-state index is 0.938. The molecule has 0 saturated carbocycles. The van der Waals surface area contributed by atoms with Crippen LogP contribution in [0.5, 0.6) is 0 Å². The lowest BCUT2D eigenvalue weighted by Crippen LogP contribution is -1.89. The van der Waals surface area contributed by atoms with Crippen LogP contribution in [-0.2, 0) is 0 Å². The predicted octanol–water partition coefficient (Wildman–Crippen LogP) is 8.47. The summed E-state index contributed by atoms with van der Waals surface area (Å²) in [5.74, 6) is 0. The summed E-state index contributed by atoms with van der Waals surface area (Å²) in [6, 6.07) is 37.9. The summed E-state index contributed by atoms with van der Waals surface area (Å²) in [7, 11) is 0. The van der Waals surface area contributed by atoms with E-state index < -0.39 is 0 Å². The zero-order chi connectivity index (χ0) is 25.6. The van der Waals surface area contributed by atoms with Crippen LogP contribution < -0.4 is 0 Å². The standard InChI is InChI=1S/2C17H10N2/c2*18-19-10-14-7-6-13-5-4-11-2-1-3-12-8-9-15(14)17(13)16(11)12/h2*1-10H. The van der Waals surface area contributed by atoms with E-state index in [1.165, 1.54) is 66.3 Å². The average molecular weight is 485 g/mol. The first-order chi connectivity index (χ1) is 18.8. The molecule has 0 atom stereocenters. The van der Waals surface area contributed by atoms with E-state index in [9.17, 15) is 0 Å². The van der Waals surface area contributed by atoms with Crippen LogP contribution in [0.15, 0.2) is 109 Å². The molecule has 4 nitrogen and oxygen atoms in total. The lowest BCUT2D eigenvalue weighted by atomic mass is 9.92. The van der Waals surface area contributed by atoms with Crippen LogP contribution in [0.3, 0.4) is 0 Å². The fourth-order valence-corrected chi connectivity index (χ4v) is 5.87. The van der Waals surface area contributed by atoms with Crippen molar-refractivity contribution in [1.82, 2.24) is 0 Å². The van der Waals surface area contributed by atoms with Gasteiger partial charge in [-0.25, -0.2) is 0 Å². The van der Waals surface area contributed by atoms with Crippen molar-refractivity contribution >= 4 is 77.1 Å². The fraction of sp³-hybridized carbons (Fsp3) is 0. The van der Waals surface area contributed by atoms with Crippen molar-refractivity contribution in [2.45, 2.75) is 0 Å². The molecule has 8 rings (SSSR count). The highest BCUT2D eigenvalue weighted by Crippen LogP contribution is 2.36. The van der Waals surface area contributed by atoms with Gasteiger partial charge in [0.05, 0.1) is 11.1 Å². The Bertz CT molecular complexity index is 2060. The summed E-state index contributed by atoms with van der Waals surface area (Å²) in [6.45, 7) is 0. The molecule has 0 radical (unpaired) electrons. The molecule has 38 heavy (non-hydrogen) atoms. The van der Waals surface area contributed by atoms with Crippen molar-refractivity contribution in [2.24, 2.45) is 0 Å². The molecule has 4 heteroatoms. The molecule has 0 N–H and O–H groups in total. The normalized spacial score (nSPS) is 11.2. The van der Waals surface area contributed by atoms with Crippen LogP contribution in [0.1, 0.15) is 11.1 Å². The van der Waals surface area contributed by atoms with Crippen LogP contribution in [0.4, 0.5) is 0 Å². The molecule has 0 bridgehead atoms. The van der Waals surface area contributed by atoms with E-state index in [0.717, 1.165) is 21.9 Å². The molecule has 0 spiro atoms. The molecular weight excluding hydrogens is 464 g/mol. The highest BCUT2D eigenvalue weighted by Gasteiger charge is 2.12. The smallest absolute Gasteiger partial charge is 0.288 e. The molecule has 8 aromatic rings. The van der Waals surface area contributed by atoms with Crippen LogP contribution in [0.2, 0.25) is 0 Å². The third-order valence-electron chi connectivity index (χ3n) is 7.52. The van der Waals surface area contributed by atoms with E-state index >= 15 is 0 Å². The molecular formula is C34H20N4. The Morgan fingerprint density at radius 2 is 0.684 bits per heavy atom. The van der Waals surface area contributed by atoms with Gasteiger partial charge in [-0.15, -0.1) is 0 Å². The Hall–Kier alpha value is -5.40. The lowest BCUT2D eigenvalue weighted by Gasteiger charge is -2.10. The Morgan fingerprint density at radius 3 is 1.05 bits per heavy atom. The largest absolute Gasteiger partial charge is 0.361 e. The Labute approximate surface area is 217 Å². The summed E-state index contributed by atoms with van der Waals surface area (Å²) in [5.41, 5.74) is 19.4. The maximum absolute atomic E-state index is 8.79. The van der Waals surface area contributed by atoms with Gasteiger partial charge in [0.2, 0.25) is 0 Å². The Balaban J connectivity index is 0.000000127. The first-order valence-corrected chi connectivity index (χ1v) is 12.4. The number of benzene rings is 8. The average Bonchev–Trinajstić information content (AvgIpc) is 2.97. The Morgan fingerprint density at radius 1 is 0.368 bits per heavy atom. The van der Waals surface area contributed by atoms with Crippen LogP contribution in [0.25, 0.3) is 75.7 Å². The topological polar surface area (TPSA) is 72.8 Å². The van der Waals surface area contributed by atoms with Crippen LogP contribution in [-0.4, -0.2) is 22.0 Å². The van der Waals surface area contributed by atoms with Crippen molar-refractivity contribution in [3.05, 3.63) is 131 Å². The minimum Gasteiger partial charge on any atom is -0.361 e. The van der Waals surface area contributed by atoms with Gasteiger partial charge >= 0.3 is 0 Å². The number of nitrogens with zero attached hydrogens (tertiary/aromatic N) is 4. The van der Waals surface area contributed by atoms with Crippen molar-refractivity contribution in [2.75, 3.05) is 0 Å². The van der Waals surface area contributed by atoms with E-state index in [4.69, 9.17) is 11.1 Å². The number of hydrogen-bond donors (Lipinski definition) is 0. The van der Waals surface area contributed by atoms with Crippen LogP contribution in [0, 0.1) is 0 Å². The second-order valence-electron chi connectivity index (χ2n) is 9.51. The monoisotopic (exact) mass is 484 g/mol. The lowest BCUT2D eigenvalue weighted by molar-refractivity contribution is 0.00425. The van der Waals surface area contributed by atoms with Crippen molar-refractivity contribution in [3.8, 4) is 0 Å². The van der Waals surface area contributed by atoms with Gasteiger partial charge in [0, 0.05) is 0 Å². The van der Waals surface area contributed by atoms with Crippen molar-refractivity contribution in [1.29, 1.82) is 0 Å². The van der Waals surface area contributed by atoms with E-state index in [2.05, 4.69) is 107 Å². The van der Waals surface area contributed by atoms with E-state index in [1.807, 2.05) is 12.1 Å². The molecule has 0 fully saturated rings.